The molecule has 1 rings (SSSR count). The highest BCUT2D eigenvalue weighted by Gasteiger charge is 2.44. The molecule has 5 N–H and O–H groups in total. The van der Waals surface area contributed by atoms with Crippen molar-refractivity contribution < 1.29 is 53.6 Å². The first-order chi connectivity index (χ1) is 33.9. The van der Waals surface area contributed by atoms with Crippen molar-refractivity contribution in [1.29, 1.82) is 0 Å². The first-order valence-electron chi connectivity index (χ1n) is 29.5. The summed E-state index contributed by atoms with van der Waals surface area (Å²) in [7, 11) is 0. The van der Waals surface area contributed by atoms with Crippen LogP contribution in [0, 0.1) is 0 Å². The summed E-state index contributed by atoms with van der Waals surface area (Å²) in [6.45, 7) is 8.21. The van der Waals surface area contributed by atoms with Crippen molar-refractivity contribution in [2.24, 2.45) is 0 Å². The number of rotatable bonds is 55. The molecular formula is C57H113NO11. The highest BCUT2D eigenvalue weighted by atomic mass is 16.7. The Balaban J connectivity index is 2.14. The lowest BCUT2D eigenvalue weighted by Crippen LogP contribution is -2.59. The summed E-state index contributed by atoms with van der Waals surface area (Å²) in [5.74, 6) is 0.0442. The van der Waals surface area contributed by atoms with Crippen LogP contribution in [0.2, 0.25) is 0 Å². The van der Waals surface area contributed by atoms with Gasteiger partial charge in [0.25, 0.3) is 0 Å². The van der Waals surface area contributed by atoms with Crippen LogP contribution in [-0.2, 0) is 33.2 Å². The van der Waals surface area contributed by atoms with Crippen LogP contribution in [0.25, 0.3) is 0 Å². The number of unbranched alkanes of at least 4 members (excludes halogenated alkanes) is 33. The Labute approximate surface area is 424 Å². The lowest BCUT2D eigenvalue weighted by Gasteiger charge is -2.39. The van der Waals surface area contributed by atoms with E-state index in [9.17, 15) is 25.2 Å². The largest absolute Gasteiger partial charge is 0.394 e. The minimum absolute atomic E-state index is 0.0442. The monoisotopic (exact) mass is 988 g/mol. The van der Waals surface area contributed by atoms with Crippen molar-refractivity contribution in [3.05, 3.63) is 0 Å². The summed E-state index contributed by atoms with van der Waals surface area (Å²) in [5.41, 5.74) is 0. The number of nitrogens with one attached hydrogen (secondary N) is 1. The number of aliphatic hydroxyl groups excluding tert-OH is 4. The summed E-state index contributed by atoms with van der Waals surface area (Å²) in [6.07, 6.45) is 43.2. The fourth-order valence-corrected chi connectivity index (χ4v) is 9.19. The van der Waals surface area contributed by atoms with E-state index >= 15 is 0 Å². The Hall–Kier alpha value is -0.930. The molecule has 1 heterocycles. The predicted molar refractivity (Wildman–Crippen MR) is 282 cm³/mol. The molecule has 0 aromatic heterocycles. The number of hydrogen-bond acceptors (Lipinski definition) is 11. The molecule has 0 bridgehead atoms. The van der Waals surface area contributed by atoms with E-state index in [0.29, 0.717) is 39.4 Å². The van der Waals surface area contributed by atoms with Crippen LogP contribution in [0.4, 0.5) is 0 Å². The number of hydrogen-bond donors (Lipinski definition) is 5. The molecule has 0 aliphatic carbocycles. The van der Waals surface area contributed by atoms with Gasteiger partial charge in [-0.2, -0.15) is 0 Å². The van der Waals surface area contributed by atoms with Gasteiger partial charge in [0.2, 0.25) is 5.91 Å². The van der Waals surface area contributed by atoms with E-state index < -0.39 is 37.3 Å². The van der Waals surface area contributed by atoms with Crippen LogP contribution in [0.15, 0.2) is 0 Å². The Morgan fingerprint density at radius 2 is 0.884 bits per heavy atom. The molecule has 0 spiro atoms. The molecule has 1 aliphatic rings. The third-order valence-corrected chi connectivity index (χ3v) is 13.8. The standard InChI is InChI=1S/C57H113NO11/c1-3-5-7-9-11-13-15-17-19-21-23-25-27-29-33-37-42-66-50-51(67-43-38-34-30-28-26-24-22-20-18-16-14-12-10-8-6-4-2)39-35-31-32-36-40-53(60)58-41-44-64-45-46-65-47-48-68-57-56(63)55(62)54(61)52(49-59)69-57/h51-52,54-57,59,61-63H,3-50H2,1-2H3,(H,58,60)/t51-,52?,54?,55?,56?,57+/m1/s1. The van der Waals surface area contributed by atoms with E-state index in [2.05, 4.69) is 19.2 Å². The van der Waals surface area contributed by atoms with E-state index in [1.165, 1.54) is 193 Å². The van der Waals surface area contributed by atoms with Gasteiger partial charge in [0, 0.05) is 26.2 Å². The molecule has 0 aromatic carbocycles. The van der Waals surface area contributed by atoms with Gasteiger partial charge in [-0.05, 0) is 25.7 Å². The van der Waals surface area contributed by atoms with Gasteiger partial charge in [0.1, 0.15) is 24.4 Å². The molecule has 1 fully saturated rings. The first kappa shape index (κ1) is 66.1. The number of amides is 1. The lowest BCUT2D eigenvalue weighted by molar-refractivity contribution is -0.302. The Kier molecular flexibility index (Phi) is 49.8. The van der Waals surface area contributed by atoms with E-state index in [1.54, 1.807) is 0 Å². The predicted octanol–water partition coefficient (Wildman–Crippen LogP) is 12.2. The summed E-state index contributed by atoms with van der Waals surface area (Å²) in [4.78, 5) is 12.4. The molecule has 4 unspecified atom stereocenters. The second-order valence-corrected chi connectivity index (χ2v) is 20.3. The Morgan fingerprint density at radius 3 is 1.38 bits per heavy atom. The summed E-state index contributed by atoms with van der Waals surface area (Å²) < 4.78 is 34.4. The third-order valence-electron chi connectivity index (χ3n) is 13.8. The van der Waals surface area contributed by atoms with Gasteiger partial charge < -0.3 is 54.2 Å². The number of ether oxygens (including phenoxy) is 6. The van der Waals surface area contributed by atoms with E-state index in [0.717, 1.165) is 58.2 Å². The molecule has 69 heavy (non-hydrogen) atoms. The zero-order chi connectivity index (χ0) is 49.9. The number of aliphatic hydroxyl groups is 4. The van der Waals surface area contributed by atoms with Crippen LogP contribution in [0.3, 0.4) is 0 Å². The van der Waals surface area contributed by atoms with E-state index in [1.807, 2.05) is 0 Å². The van der Waals surface area contributed by atoms with Gasteiger partial charge in [-0.3, -0.25) is 4.79 Å². The molecular weight excluding hydrogens is 875 g/mol. The zero-order valence-electron chi connectivity index (χ0n) is 45.1. The van der Waals surface area contributed by atoms with Gasteiger partial charge in [0.15, 0.2) is 6.29 Å². The molecule has 0 radical (unpaired) electrons. The van der Waals surface area contributed by atoms with E-state index in [4.69, 9.17) is 28.4 Å². The van der Waals surface area contributed by atoms with Gasteiger partial charge in [0.05, 0.1) is 52.4 Å². The van der Waals surface area contributed by atoms with Crippen molar-refractivity contribution in [2.75, 3.05) is 66.0 Å². The summed E-state index contributed by atoms with van der Waals surface area (Å²) in [6, 6.07) is 0. The Morgan fingerprint density at radius 1 is 0.464 bits per heavy atom. The van der Waals surface area contributed by atoms with Gasteiger partial charge in [-0.15, -0.1) is 0 Å². The lowest BCUT2D eigenvalue weighted by atomic mass is 9.99. The summed E-state index contributed by atoms with van der Waals surface area (Å²) in [5, 5.41) is 42.0. The van der Waals surface area contributed by atoms with Crippen LogP contribution >= 0.6 is 0 Å². The van der Waals surface area contributed by atoms with Crippen LogP contribution < -0.4 is 5.32 Å². The van der Waals surface area contributed by atoms with Crippen molar-refractivity contribution >= 4 is 5.91 Å². The third kappa shape index (κ3) is 42.2. The minimum Gasteiger partial charge on any atom is -0.394 e. The smallest absolute Gasteiger partial charge is 0.220 e. The molecule has 1 amide bonds. The number of carbonyl (C=O) groups excluding carboxylic acids is 1. The van der Waals surface area contributed by atoms with Crippen molar-refractivity contribution in [3.63, 3.8) is 0 Å². The maximum atomic E-state index is 12.4. The van der Waals surface area contributed by atoms with Crippen molar-refractivity contribution in [1.82, 2.24) is 5.32 Å². The highest BCUT2D eigenvalue weighted by Crippen LogP contribution is 2.22. The Bertz CT molecular complexity index is 1040. The fraction of sp³-hybridized carbons (Fsp3) is 0.982. The molecule has 6 atom stereocenters. The zero-order valence-corrected chi connectivity index (χ0v) is 45.1. The normalized spacial score (nSPS) is 18.8. The van der Waals surface area contributed by atoms with Crippen molar-refractivity contribution in [2.45, 2.75) is 295 Å². The van der Waals surface area contributed by atoms with Gasteiger partial charge >= 0.3 is 0 Å². The average Bonchev–Trinajstić information content (AvgIpc) is 3.35. The quantitative estimate of drug-likeness (QED) is 0.0368. The molecule has 1 aliphatic heterocycles. The highest BCUT2D eigenvalue weighted by molar-refractivity contribution is 5.75. The first-order valence-corrected chi connectivity index (χ1v) is 29.5. The van der Waals surface area contributed by atoms with Crippen molar-refractivity contribution in [3.8, 4) is 0 Å². The molecule has 412 valence electrons. The van der Waals surface area contributed by atoms with Gasteiger partial charge in [-0.25, -0.2) is 0 Å². The maximum absolute atomic E-state index is 12.4. The topological polar surface area (TPSA) is 165 Å². The molecule has 0 aromatic rings. The van der Waals surface area contributed by atoms with Crippen LogP contribution in [0.1, 0.15) is 258 Å². The fourth-order valence-electron chi connectivity index (χ4n) is 9.19. The second kappa shape index (κ2) is 52.0. The van der Waals surface area contributed by atoms with Crippen LogP contribution in [-0.4, -0.2) is 129 Å². The molecule has 0 saturated carbocycles. The maximum Gasteiger partial charge on any atom is 0.220 e. The number of carbonyl (C=O) groups is 1. The average molecular weight is 989 g/mol. The van der Waals surface area contributed by atoms with E-state index in [-0.39, 0.29) is 25.2 Å². The van der Waals surface area contributed by atoms with Gasteiger partial charge in [-0.1, -0.05) is 226 Å². The SMILES string of the molecule is CCCCCCCCCCCCCCCCCCOC[C@@H](CCCCCCC(=O)NCCOCCOCCO[C@H]1OC(CO)C(O)C(O)C1O)OCCCCCCCCCCCCCCCCCC. The summed E-state index contributed by atoms with van der Waals surface area (Å²) >= 11 is 0. The minimum atomic E-state index is -1.48. The molecule has 1 saturated heterocycles. The molecule has 12 heteroatoms. The van der Waals surface area contributed by atoms with Crippen LogP contribution in [0.5, 0.6) is 0 Å². The second-order valence-electron chi connectivity index (χ2n) is 20.3. The molecule has 12 nitrogen and oxygen atoms in total.